The molecule has 23 heavy (non-hydrogen) atoms. The van der Waals surface area contributed by atoms with E-state index in [1.54, 1.807) is 7.05 Å². The van der Waals surface area contributed by atoms with Gasteiger partial charge in [-0.2, -0.15) is 0 Å². The first-order chi connectivity index (χ1) is 10.9. The topological polar surface area (TPSA) is 69.6 Å². The number of aryl methyl sites for hydroxylation is 3. The lowest BCUT2D eigenvalue weighted by molar-refractivity contribution is -0.126. The first kappa shape index (κ1) is 17.1. The number of likely N-dealkylation sites (N-methyl/N-ethyl adjacent to an activating group) is 1. The predicted octanol–water partition coefficient (Wildman–Crippen LogP) is 2.03. The van der Waals surface area contributed by atoms with Crippen LogP contribution in [-0.2, 0) is 16.0 Å². The second-order valence-electron chi connectivity index (χ2n) is 6.12. The summed E-state index contributed by atoms with van der Waals surface area (Å²) in [7, 11) is 1.56. The molecule has 1 aliphatic rings. The number of nitrogens with one attached hydrogen (secondary N) is 1. The molecule has 5 heteroatoms. The number of carbonyl (C=O) groups is 2. The molecule has 0 saturated heterocycles. The van der Waals surface area contributed by atoms with E-state index in [4.69, 9.17) is 0 Å². The number of nitrogens with zero attached hydrogens (tertiary/aromatic N) is 1. The van der Waals surface area contributed by atoms with Crippen molar-refractivity contribution in [2.45, 2.75) is 33.1 Å². The molecule has 124 valence electrons. The molecule has 0 saturated carbocycles. The van der Waals surface area contributed by atoms with Crippen LogP contribution in [0, 0.1) is 13.8 Å². The van der Waals surface area contributed by atoms with E-state index in [-0.39, 0.29) is 18.0 Å². The molecule has 2 rings (SSSR count). The number of hydrogen-bond acceptors (Lipinski definition) is 3. The van der Waals surface area contributed by atoms with Crippen LogP contribution in [0.2, 0.25) is 0 Å². The molecule has 0 atom stereocenters. The van der Waals surface area contributed by atoms with Crippen molar-refractivity contribution < 1.29 is 14.7 Å². The van der Waals surface area contributed by atoms with Crippen molar-refractivity contribution >= 4 is 11.8 Å². The van der Waals surface area contributed by atoms with Crippen molar-refractivity contribution in [2.24, 2.45) is 0 Å². The number of hydrogen-bond donors (Lipinski definition) is 2. The summed E-state index contributed by atoms with van der Waals surface area (Å²) in [5, 5.41) is 12.4. The lowest BCUT2D eigenvalue weighted by atomic mass is 10.0. The Balaban J connectivity index is 1.72. The van der Waals surface area contributed by atoms with Crippen molar-refractivity contribution in [3.05, 3.63) is 46.2 Å². The third-order valence-electron chi connectivity index (χ3n) is 4.25. The van der Waals surface area contributed by atoms with Crippen molar-refractivity contribution in [1.29, 1.82) is 0 Å². The highest BCUT2D eigenvalue weighted by molar-refractivity contribution is 6.06. The largest absolute Gasteiger partial charge is 0.503 e. The van der Waals surface area contributed by atoms with Gasteiger partial charge in [0.15, 0.2) is 5.76 Å². The quantitative estimate of drug-likeness (QED) is 0.789. The number of benzene rings is 1. The molecule has 1 heterocycles. The Morgan fingerprint density at radius 1 is 1.26 bits per heavy atom. The highest BCUT2D eigenvalue weighted by Gasteiger charge is 2.31. The highest BCUT2D eigenvalue weighted by Crippen LogP contribution is 2.15. The van der Waals surface area contributed by atoms with Crippen LogP contribution in [0.1, 0.15) is 29.5 Å². The van der Waals surface area contributed by atoms with Crippen molar-refractivity contribution in [1.82, 2.24) is 10.2 Å². The summed E-state index contributed by atoms with van der Waals surface area (Å²) in [6, 6.07) is 6.48. The van der Waals surface area contributed by atoms with Gasteiger partial charge in [0.1, 0.15) is 0 Å². The Bertz CT molecular complexity index is 650. The van der Waals surface area contributed by atoms with Crippen LogP contribution in [0.4, 0.5) is 0 Å². The van der Waals surface area contributed by atoms with Crippen molar-refractivity contribution in [2.75, 3.05) is 20.1 Å². The van der Waals surface area contributed by atoms with Gasteiger partial charge in [-0.15, -0.1) is 0 Å². The number of rotatable bonds is 6. The van der Waals surface area contributed by atoms with E-state index in [9.17, 15) is 14.7 Å². The fourth-order valence-electron chi connectivity index (χ4n) is 2.59. The molecule has 0 bridgehead atoms. The lowest BCUT2D eigenvalue weighted by Crippen LogP contribution is -2.29. The number of unbranched alkanes of at least 4 members (excludes halogenated alkanes) is 1. The minimum Gasteiger partial charge on any atom is -0.503 e. The molecule has 1 aromatic rings. The molecule has 0 radical (unpaired) electrons. The summed E-state index contributed by atoms with van der Waals surface area (Å²) in [5.41, 5.74) is 4.06. The normalized spacial score (nSPS) is 14.6. The van der Waals surface area contributed by atoms with Gasteiger partial charge >= 0.3 is 0 Å². The highest BCUT2D eigenvalue weighted by atomic mass is 16.3. The van der Waals surface area contributed by atoms with E-state index in [0.717, 1.165) is 19.3 Å². The Morgan fingerprint density at radius 3 is 2.61 bits per heavy atom. The maximum atomic E-state index is 12.0. The summed E-state index contributed by atoms with van der Waals surface area (Å²) in [6.45, 7) is 4.92. The zero-order valence-electron chi connectivity index (χ0n) is 14.0. The lowest BCUT2D eigenvalue weighted by Gasteiger charge is -2.08. The third kappa shape index (κ3) is 4.12. The Kier molecular flexibility index (Phi) is 5.42. The molecule has 2 N–H and O–H groups in total. The molecule has 1 aromatic carbocycles. The molecule has 0 spiro atoms. The van der Waals surface area contributed by atoms with Gasteiger partial charge in [-0.3, -0.25) is 9.59 Å². The van der Waals surface area contributed by atoms with Gasteiger partial charge in [0, 0.05) is 13.6 Å². The predicted molar refractivity (Wildman–Crippen MR) is 89.2 cm³/mol. The van der Waals surface area contributed by atoms with Gasteiger partial charge in [-0.05, 0) is 49.8 Å². The van der Waals surface area contributed by atoms with Crippen LogP contribution in [0.25, 0.3) is 0 Å². The van der Waals surface area contributed by atoms with Gasteiger partial charge in [-0.25, -0.2) is 0 Å². The number of amides is 2. The number of carbonyl (C=O) groups excluding carboxylic acids is 2. The van der Waals surface area contributed by atoms with Crippen LogP contribution in [0.3, 0.4) is 0 Å². The molecule has 0 aromatic heterocycles. The molecule has 5 nitrogen and oxygen atoms in total. The maximum Gasteiger partial charge on any atom is 0.289 e. The minimum atomic E-state index is -0.495. The Labute approximate surface area is 137 Å². The van der Waals surface area contributed by atoms with Gasteiger partial charge in [0.25, 0.3) is 11.8 Å². The zero-order chi connectivity index (χ0) is 17.0. The third-order valence-corrected chi connectivity index (χ3v) is 4.25. The van der Waals surface area contributed by atoms with E-state index in [0.29, 0.717) is 6.54 Å². The van der Waals surface area contributed by atoms with Crippen LogP contribution >= 0.6 is 0 Å². The van der Waals surface area contributed by atoms with Crippen molar-refractivity contribution in [3.63, 3.8) is 0 Å². The standard InChI is InChI=1S/C18H24N2O3/c1-12-7-8-14(10-13(12)2)6-4-5-9-19-17(22)15-11-20(3)18(23)16(15)21/h7-8,10,21H,4-6,9,11H2,1-3H3,(H,19,22). The summed E-state index contributed by atoms with van der Waals surface area (Å²) in [5.74, 6) is -1.28. The van der Waals surface area contributed by atoms with E-state index in [2.05, 4.69) is 37.4 Å². The molecule has 2 amide bonds. The smallest absolute Gasteiger partial charge is 0.289 e. The molecule has 0 unspecified atom stereocenters. The average molecular weight is 316 g/mol. The summed E-state index contributed by atoms with van der Waals surface area (Å²) in [6.07, 6.45) is 2.81. The first-order valence-corrected chi connectivity index (χ1v) is 7.92. The first-order valence-electron chi connectivity index (χ1n) is 7.92. The van der Waals surface area contributed by atoms with E-state index < -0.39 is 11.7 Å². The summed E-state index contributed by atoms with van der Waals surface area (Å²) in [4.78, 5) is 24.7. The molecule has 0 aliphatic carbocycles. The van der Waals surface area contributed by atoms with Crippen molar-refractivity contribution in [3.8, 4) is 0 Å². The maximum absolute atomic E-state index is 12.0. The number of aliphatic hydroxyl groups is 1. The van der Waals surface area contributed by atoms with Crippen LogP contribution in [-0.4, -0.2) is 42.0 Å². The SMILES string of the molecule is Cc1ccc(CCCCNC(=O)C2=C(O)C(=O)N(C)C2)cc1C. The zero-order valence-corrected chi connectivity index (χ0v) is 14.0. The monoisotopic (exact) mass is 316 g/mol. The fourth-order valence-corrected chi connectivity index (χ4v) is 2.59. The van der Waals surface area contributed by atoms with Crippen LogP contribution < -0.4 is 5.32 Å². The summed E-state index contributed by atoms with van der Waals surface area (Å²) < 4.78 is 0. The Morgan fingerprint density at radius 2 is 2.00 bits per heavy atom. The van der Waals surface area contributed by atoms with Crippen LogP contribution in [0.15, 0.2) is 29.5 Å². The fraction of sp³-hybridized carbons (Fsp3) is 0.444. The molecular weight excluding hydrogens is 292 g/mol. The second kappa shape index (κ2) is 7.31. The van der Waals surface area contributed by atoms with E-state index >= 15 is 0 Å². The van der Waals surface area contributed by atoms with Gasteiger partial charge in [-0.1, -0.05) is 18.2 Å². The average Bonchev–Trinajstić information content (AvgIpc) is 2.78. The Hall–Kier alpha value is -2.30. The van der Waals surface area contributed by atoms with E-state index in [1.165, 1.54) is 21.6 Å². The van der Waals surface area contributed by atoms with Gasteiger partial charge in [0.2, 0.25) is 0 Å². The summed E-state index contributed by atoms with van der Waals surface area (Å²) >= 11 is 0. The van der Waals surface area contributed by atoms with Gasteiger partial charge < -0.3 is 15.3 Å². The van der Waals surface area contributed by atoms with Crippen LogP contribution in [0.5, 0.6) is 0 Å². The number of aliphatic hydroxyl groups excluding tert-OH is 1. The second-order valence-corrected chi connectivity index (χ2v) is 6.12. The molecular formula is C18H24N2O3. The van der Waals surface area contributed by atoms with E-state index in [1.807, 2.05) is 0 Å². The minimum absolute atomic E-state index is 0.159. The molecule has 0 fully saturated rings. The molecule has 1 aliphatic heterocycles. The van der Waals surface area contributed by atoms with Gasteiger partial charge in [0.05, 0.1) is 12.1 Å².